The number of benzene rings is 1. The molecule has 1 aliphatic rings. The second-order valence-electron chi connectivity index (χ2n) is 4.97. The number of ether oxygens (including phenoxy) is 1. The van der Waals surface area contributed by atoms with E-state index < -0.39 is 0 Å². The third-order valence-corrected chi connectivity index (χ3v) is 3.72. The molecule has 0 spiro atoms. The highest BCUT2D eigenvalue weighted by Gasteiger charge is 2.17. The molecule has 1 saturated heterocycles. The van der Waals surface area contributed by atoms with Gasteiger partial charge in [0.05, 0.1) is 6.10 Å². The first-order chi connectivity index (χ1) is 8.63. The van der Waals surface area contributed by atoms with Gasteiger partial charge in [0.1, 0.15) is 5.82 Å². The molecule has 2 rings (SSSR count). The molecule has 2 nitrogen and oxygen atoms in total. The van der Waals surface area contributed by atoms with Gasteiger partial charge in [0.25, 0.3) is 0 Å². The largest absolute Gasteiger partial charge is 0.378 e. The molecular formula is C14H19BrFNO. The van der Waals surface area contributed by atoms with E-state index in [4.69, 9.17) is 10.5 Å². The van der Waals surface area contributed by atoms with E-state index in [-0.39, 0.29) is 18.0 Å². The molecule has 0 radical (unpaired) electrons. The minimum Gasteiger partial charge on any atom is -0.378 e. The summed E-state index contributed by atoms with van der Waals surface area (Å²) >= 11 is 3.30. The molecule has 2 unspecified atom stereocenters. The number of hydrogen-bond acceptors (Lipinski definition) is 2. The van der Waals surface area contributed by atoms with Gasteiger partial charge < -0.3 is 10.5 Å². The third kappa shape index (κ3) is 4.34. The average Bonchev–Trinajstić information content (AvgIpc) is 2.28. The van der Waals surface area contributed by atoms with Crippen LogP contribution in [-0.2, 0) is 11.2 Å². The van der Waals surface area contributed by atoms with Gasteiger partial charge in [-0.2, -0.15) is 0 Å². The third-order valence-electron chi connectivity index (χ3n) is 3.26. The second kappa shape index (κ2) is 6.64. The summed E-state index contributed by atoms with van der Waals surface area (Å²) in [7, 11) is 0. The zero-order valence-electron chi connectivity index (χ0n) is 10.4. The van der Waals surface area contributed by atoms with Gasteiger partial charge in [-0.15, -0.1) is 0 Å². The topological polar surface area (TPSA) is 35.2 Å². The summed E-state index contributed by atoms with van der Waals surface area (Å²) in [5, 5.41) is 0. The Hall–Kier alpha value is -0.450. The van der Waals surface area contributed by atoms with Crippen molar-refractivity contribution in [2.75, 3.05) is 6.61 Å². The molecule has 1 aromatic rings. The first kappa shape index (κ1) is 14.0. The molecular weight excluding hydrogens is 297 g/mol. The van der Waals surface area contributed by atoms with Gasteiger partial charge in [-0.25, -0.2) is 4.39 Å². The van der Waals surface area contributed by atoms with Crippen LogP contribution in [0.4, 0.5) is 4.39 Å². The van der Waals surface area contributed by atoms with Crippen LogP contribution in [0.15, 0.2) is 22.7 Å². The summed E-state index contributed by atoms with van der Waals surface area (Å²) in [4.78, 5) is 0. The van der Waals surface area contributed by atoms with Crippen molar-refractivity contribution in [3.05, 3.63) is 34.1 Å². The Bertz CT molecular complexity index is 373. The first-order valence-corrected chi connectivity index (χ1v) is 7.25. The van der Waals surface area contributed by atoms with Gasteiger partial charge >= 0.3 is 0 Å². The number of nitrogens with two attached hydrogens (primary N) is 1. The normalized spacial score (nSPS) is 21.8. The molecule has 1 aliphatic heterocycles. The van der Waals surface area contributed by atoms with E-state index in [1.807, 2.05) is 6.07 Å². The lowest BCUT2D eigenvalue weighted by molar-refractivity contribution is 0.00747. The average molecular weight is 316 g/mol. The molecule has 1 fully saturated rings. The van der Waals surface area contributed by atoms with E-state index in [2.05, 4.69) is 15.9 Å². The first-order valence-electron chi connectivity index (χ1n) is 6.45. The number of rotatable bonds is 4. The molecule has 1 aromatic carbocycles. The highest BCUT2D eigenvalue weighted by atomic mass is 79.9. The summed E-state index contributed by atoms with van der Waals surface area (Å²) in [6, 6.07) is 4.96. The minimum absolute atomic E-state index is 0.0294. The molecule has 4 heteroatoms. The lowest BCUT2D eigenvalue weighted by Crippen LogP contribution is -2.31. The van der Waals surface area contributed by atoms with Crippen LogP contribution in [0.1, 0.15) is 31.2 Å². The van der Waals surface area contributed by atoms with Gasteiger partial charge in [-0.3, -0.25) is 0 Å². The van der Waals surface area contributed by atoms with Crippen molar-refractivity contribution < 1.29 is 9.13 Å². The lowest BCUT2D eigenvalue weighted by Gasteiger charge is -2.25. The van der Waals surface area contributed by atoms with Crippen molar-refractivity contribution in [2.45, 2.75) is 44.2 Å². The van der Waals surface area contributed by atoms with Crippen LogP contribution < -0.4 is 5.73 Å². The lowest BCUT2D eigenvalue weighted by atomic mass is 9.97. The van der Waals surface area contributed by atoms with Crippen molar-refractivity contribution in [3.63, 3.8) is 0 Å². The Kier molecular flexibility index (Phi) is 5.15. The van der Waals surface area contributed by atoms with E-state index in [1.165, 1.54) is 12.5 Å². The highest BCUT2D eigenvalue weighted by Crippen LogP contribution is 2.20. The standard InChI is InChI=1S/C14H19BrFNO/c15-11-5-10(6-12(16)8-11)7-13(17)9-14-3-1-2-4-18-14/h5-6,8,13-14H,1-4,7,9,17H2. The SMILES string of the molecule is NC(Cc1cc(F)cc(Br)c1)CC1CCCCO1. The molecule has 100 valence electrons. The fourth-order valence-corrected chi connectivity index (χ4v) is 2.96. The predicted molar refractivity (Wildman–Crippen MR) is 74.0 cm³/mol. The van der Waals surface area contributed by atoms with E-state index in [0.29, 0.717) is 6.42 Å². The quantitative estimate of drug-likeness (QED) is 0.924. The van der Waals surface area contributed by atoms with Gasteiger partial charge in [0.15, 0.2) is 0 Å². The smallest absolute Gasteiger partial charge is 0.124 e. The second-order valence-corrected chi connectivity index (χ2v) is 5.88. The zero-order chi connectivity index (χ0) is 13.0. The minimum atomic E-state index is -0.222. The van der Waals surface area contributed by atoms with Crippen LogP contribution in [-0.4, -0.2) is 18.8 Å². The van der Waals surface area contributed by atoms with Crippen LogP contribution in [0.2, 0.25) is 0 Å². The van der Waals surface area contributed by atoms with Gasteiger partial charge in [-0.1, -0.05) is 15.9 Å². The van der Waals surface area contributed by atoms with E-state index in [0.717, 1.165) is 35.9 Å². The van der Waals surface area contributed by atoms with Gasteiger partial charge in [0, 0.05) is 17.1 Å². The predicted octanol–water partition coefficient (Wildman–Crippen LogP) is 3.42. The molecule has 1 heterocycles. The Morgan fingerprint density at radius 1 is 1.39 bits per heavy atom. The Morgan fingerprint density at radius 3 is 2.89 bits per heavy atom. The summed E-state index contributed by atoms with van der Waals surface area (Å²) in [5.41, 5.74) is 7.05. The molecule has 18 heavy (non-hydrogen) atoms. The maximum Gasteiger partial charge on any atom is 0.124 e. The van der Waals surface area contributed by atoms with Crippen LogP contribution in [0.3, 0.4) is 0 Å². The molecule has 0 saturated carbocycles. The van der Waals surface area contributed by atoms with Crippen molar-refractivity contribution in [1.29, 1.82) is 0 Å². The van der Waals surface area contributed by atoms with Gasteiger partial charge in [-0.05, 0) is 55.9 Å². The van der Waals surface area contributed by atoms with Crippen LogP contribution in [0, 0.1) is 5.82 Å². The van der Waals surface area contributed by atoms with Crippen LogP contribution >= 0.6 is 15.9 Å². The van der Waals surface area contributed by atoms with E-state index >= 15 is 0 Å². The summed E-state index contributed by atoms with van der Waals surface area (Å²) in [6.07, 6.45) is 5.31. The molecule has 0 aromatic heterocycles. The van der Waals surface area contributed by atoms with E-state index in [1.54, 1.807) is 6.07 Å². The highest BCUT2D eigenvalue weighted by molar-refractivity contribution is 9.10. The van der Waals surface area contributed by atoms with Gasteiger partial charge in [0.2, 0.25) is 0 Å². The van der Waals surface area contributed by atoms with E-state index in [9.17, 15) is 4.39 Å². The van der Waals surface area contributed by atoms with Crippen molar-refractivity contribution in [3.8, 4) is 0 Å². The molecule has 2 N–H and O–H groups in total. The Labute approximate surface area is 116 Å². The fraction of sp³-hybridized carbons (Fsp3) is 0.571. The van der Waals surface area contributed by atoms with Crippen molar-refractivity contribution >= 4 is 15.9 Å². The Morgan fingerprint density at radius 2 is 2.22 bits per heavy atom. The molecule has 0 aliphatic carbocycles. The summed E-state index contributed by atoms with van der Waals surface area (Å²) in [6.45, 7) is 0.850. The maximum absolute atomic E-state index is 13.2. The van der Waals surface area contributed by atoms with Crippen molar-refractivity contribution in [2.24, 2.45) is 5.73 Å². The van der Waals surface area contributed by atoms with Crippen molar-refractivity contribution in [1.82, 2.24) is 0 Å². The maximum atomic E-state index is 13.2. The van der Waals surface area contributed by atoms with Crippen LogP contribution in [0.5, 0.6) is 0 Å². The number of halogens is 2. The Balaban J connectivity index is 1.87. The summed E-state index contributed by atoms with van der Waals surface area (Å²) in [5.74, 6) is -0.222. The summed E-state index contributed by atoms with van der Waals surface area (Å²) < 4.78 is 19.7. The van der Waals surface area contributed by atoms with Crippen LogP contribution in [0.25, 0.3) is 0 Å². The zero-order valence-corrected chi connectivity index (χ0v) is 12.0. The number of hydrogen-bond donors (Lipinski definition) is 1. The molecule has 2 atom stereocenters. The monoisotopic (exact) mass is 315 g/mol. The molecule has 0 amide bonds. The molecule has 0 bridgehead atoms. The fourth-order valence-electron chi connectivity index (χ4n) is 2.45.